The van der Waals surface area contributed by atoms with Crippen molar-refractivity contribution in [2.75, 3.05) is 20.0 Å². The molecule has 2 aromatic heterocycles. The normalized spacial score (nSPS) is 11.3. The average Bonchev–Trinajstić information content (AvgIpc) is 3.23. The van der Waals surface area contributed by atoms with Gasteiger partial charge >= 0.3 is 17.8 Å². The summed E-state index contributed by atoms with van der Waals surface area (Å²) in [5.41, 5.74) is 3.75. The minimum atomic E-state index is -1.01. The summed E-state index contributed by atoms with van der Waals surface area (Å²) in [5.74, 6) is 0.398. The Kier molecular flexibility index (Phi) is 7.32. The second-order valence-electron chi connectivity index (χ2n) is 7.46. The summed E-state index contributed by atoms with van der Waals surface area (Å²) >= 11 is 0. The van der Waals surface area contributed by atoms with Crippen molar-refractivity contribution in [3.05, 3.63) is 34.2 Å². The molecule has 30 heavy (non-hydrogen) atoms. The molecule has 0 unspecified atom stereocenters. The Morgan fingerprint density at radius 3 is 1.67 bits per heavy atom. The Balaban J connectivity index is 0.000000303. The van der Waals surface area contributed by atoms with Crippen molar-refractivity contribution in [1.82, 2.24) is 19.1 Å². The number of hydrogen-bond donors (Lipinski definition) is 1. The number of aromatic nitrogens is 4. The number of nitrogens with zero attached hydrogens (tertiary/aromatic N) is 5. The fourth-order valence-corrected chi connectivity index (χ4v) is 2.87. The van der Waals surface area contributed by atoms with Gasteiger partial charge < -0.3 is 29.9 Å². The summed E-state index contributed by atoms with van der Waals surface area (Å²) in [6.07, 6.45) is 2.86. The number of nitrogen functional groups attached to an aromatic ring is 1. The van der Waals surface area contributed by atoms with Gasteiger partial charge in [0.2, 0.25) is 5.82 Å². The lowest BCUT2D eigenvalue weighted by atomic mass is 10.1. The fourth-order valence-electron chi connectivity index (χ4n) is 2.87. The SMILES string of the molecule is COC(=O)C(C)(C)n1cc(N)nc1C.COC(=O)C(C)(C)n1cc([N+](=O)[O-])nc1C. The number of aryl methyl sites for hydroxylation is 2. The molecule has 12 nitrogen and oxygen atoms in total. The zero-order chi connectivity index (χ0) is 23.4. The van der Waals surface area contributed by atoms with Crippen LogP contribution in [0.4, 0.5) is 11.6 Å². The number of ether oxygens (including phenoxy) is 2. The molecule has 12 heteroatoms. The molecule has 0 saturated carbocycles. The highest BCUT2D eigenvalue weighted by atomic mass is 16.6. The van der Waals surface area contributed by atoms with Crippen LogP contribution in [0.1, 0.15) is 39.3 Å². The van der Waals surface area contributed by atoms with Crippen molar-refractivity contribution in [3.8, 4) is 0 Å². The average molecular weight is 424 g/mol. The zero-order valence-electron chi connectivity index (χ0n) is 18.4. The topological polar surface area (TPSA) is 157 Å². The van der Waals surface area contributed by atoms with Gasteiger partial charge in [0, 0.05) is 13.1 Å². The Morgan fingerprint density at radius 1 is 0.967 bits per heavy atom. The third kappa shape index (κ3) is 4.93. The number of hydrogen-bond acceptors (Lipinski definition) is 9. The van der Waals surface area contributed by atoms with E-state index in [1.807, 2.05) is 0 Å². The Hall–Kier alpha value is -3.44. The first kappa shape index (κ1) is 24.6. The predicted octanol–water partition coefficient (Wildman–Crippen LogP) is 1.69. The molecule has 0 aliphatic rings. The summed E-state index contributed by atoms with van der Waals surface area (Å²) in [5, 5.41) is 10.5. The van der Waals surface area contributed by atoms with Crippen LogP contribution in [0.2, 0.25) is 0 Å². The molecule has 0 aliphatic carbocycles. The summed E-state index contributed by atoms with van der Waals surface area (Å²) in [6.45, 7) is 10.1. The summed E-state index contributed by atoms with van der Waals surface area (Å²) < 4.78 is 12.5. The molecule has 2 aromatic rings. The van der Waals surface area contributed by atoms with Crippen LogP contribution in [0.15, 0.2) is 12.4 Å². The number of nitrogens with two attached hydrogens (primary N) is 1. The number of methoxy groups -OCH3 is 2. The summed E-state index contributed by atoms with van der Waals surface area (Å²) in [7, 11) is 2.63. The van der Waals surface area contributed by atoms with Gasteiger partial charge in [-0.15, -0.1) is 0 Å². The van der Waals surface area contributed by atoms with Gasteiger partial charge in [-0.3, -0.25) is 4.57 Å². The molecule has 0 radical (unpaired) electrons. The number of anilines is 1. The molecule has 0 amide bonds. The van der Waals surface area contributed by atoms with Gasteiger partial charge in [0.1, 0.15) is 28.9 Å². The molecule has 0 fully saturated rings. The van der Waals surface area contributed by atoms with Crippen molar-refractivity contribution >= 4 is 23.6 Å². The number of imidazole rings is 2. The molecule has 0 saturated heterocycles. The van der Waals surface area contributed by atoms with E-state index in [1.165, 1.54) is 25.0 Å². The molecule has 2 N–H and O–H groups in total. The molecule has 0 aliphatic heterocycles. The maximum absolute atomic E-state index is 11.5. The highest BCUT2D eigenvalue weighted by Gasteiger charge is 2.35. The Morgan fingerprint density at radius 2 is 1.37 bits per heavy atom. The minimum absolute atomic E-state index is 0.283. The first-order chi connectivity index (χ1) is 13.7. The van der Waals surface area contributed by atoms with Crippen LogP contribution in [0, 0.1) is 24.0 Å². The van der Waals surface area contributed by atoms with Gasteiger partial charge in [0.05, 0.1) is 14.2 Å². The van der Waals surface area contributed by atoms with Crippen LogP contribution >= 0.6 is 0 Å². The Bertz CT molecular complexity index is 943. The smallest absolute Gasteiger partial charge is 0.381 e. The number of rotatable bonds is 5. The number of carbonyl (C=O) groups is 2. The lowest BCUT2D eigenvalue weighted by molar-refractivity contribution is -0.389. The summed E-state index contributed by atoms with van der Waals surface area (Å²) in [6, 6.07) is 0. The quantitative estimate of drug-likeness (QED) is 0.428. The van der Waals surface area contributed by atoms with E-state index < -0.39 is 22.0 Å². The molecular formula is C18H28N6O6. The maximum Gasteiger partial charge on any atom is 0.381 e. The van der Waals surface area contributed by atoms with Gasteiger partial charge in [-0.2, -0.15) is 0 Å². The lowest BCUT2D eigenvalue weighted by Gasteiger charge is -2.24. The molecule has 166 valence electrons. The molecule has 0 aromatic carbocycles. The van der Waals surface area contributed by atoms with E-state index in [2.05, 4.69) is 14.7 Å². The predicted molar refractivity (Wildman–Crippen MR) is 108 cm³/mol. The van der Waals surface area contributed by atoms with Gasteiger partial charge in [-0.1, -0.05) is 0 Å². The van der Waals surface area contributed by atoms with Gasteiger partial charge in [0.25, 0.3) is 0 Å². The van der Waals surface area contributed by atoms with Crippen LogP contribution in [-0.4, -0.2) is 50.2 Å². The van der Waals surface area contributed by atoms with Crippen molar-refractivity contribution in [2.45, 2.75) is 52.6 Å². The van der Waals surface area contributed by atoms with E-state index in [9.17, 15) is 19.7 Å². The van der Waals surface area contributed by atoms with Crippen LogP contribution in [0.3, 0.4) is 0 Å². The second-order valence-corrected chi connectivity index (χ2v) is 7.46. The highest BCUT2D eigenvalue weighted by molar-refractivity contribution is 5.78. The van der Waals surface area contributed by atoms with Crippen LogP contribution < -0.4 is 5.73 Å². The molecule has 2 rings (SSSR count). The van der Waals surface area contributed by atoms with Crippen molar-refractivity contribution in [1.29, 1.82) is 0 Å². The van der Waals surface area contributed by atoms with E-state index in [4.69, 9.17) is 10.5 Å². The van der Waals surface area contributed by atoms with E-state index in [0.717, 1.165) is 0 Å². The van der Waals surface area contributed by atoms with Gasteiger partial charge in [0.15, 0.2) is 0 Å². The van der Waals surface area contributed by atoms with E-state index in [-0.39, 0.29) is 11.8 Å². The number of carbonyl (C=O) groups excluding carboxylic acids is 2. The number of nitro groups is 1. The maximum atomic E-state index is 11.5. The first-order valence-corrected chi connectivity index (χ1v) is 8.89. The second kappa shape index (κ2) is 8.93. The van der Waals surface area contributed by atoms with E-state index >= 15 is 0 Å². The van der Waals surface area contributed by atoms with Gasteiger partial charge in [-0.25, -0.2) is 14.6 Å². The van der Waals surface area contributed by atoms with Gasteiger partial charge in [-0.05, 0) is 44.5 Å². The number of esters is 2. The fraction of sp³-hybridized carbons (Fsp3) is 0.556. The Labute approximate surface area is 174 Å². The van der Waals surface area contributed by atoms with E-state index in [0.29, 0.717) is 17.5 Å². The largest absolute Gasteiger partial charge is 0.467 e. The molecule has 0 bridgehead atoms. The zero-order valence-corrected chi connectivity index (χ0v) is 18.4. The molecule has 2 heterocycles. The lowest BCUT2D eigenvalue weighted by Crippen LogP contribution is -2.37. The third-order valence-electron chi connectivity index (χ3n) is 4.53. The van der Waals surface area contributed by atoms with Crippen LogP contribution in [0.5, 0.6) is 0 Å². The standard InChI is InChI=1S/C9H13N3O4.C9H15N3O2/c1-6-10-7(12(14)15)5-11(6)9(2,3)8(13)16-4;1-6-11-7(10)5-12(6)9(2,3)8(13)14-4/h5H,1-4H3;5H,10H2,1-4H3. The third-order valence-corrected chi connectivity index (χ3v) is 4.53. The van der Waals surface area contributed by atoms with Crippen LogP contribution in [0.25, 0.3) is 0 Å². The highest BCUT2D eigenvalue weighted by Crippen LogP contribution is 2.23. The summed E-state index contributed by atoms with van der Waals surface area (Å²) in [4.78, 5) is 40.7. The van der Waals surface area contributed by atoms with Crippen LogP contribution in [-0.2, 0) is 30.1 Å². The minimum Gasteiger partial charge on any atom is -0.467 e. The monoisotopic (exact) mass is 424 g/mol. The molecular weight excluding hydrogens is 396 g/mol. The van der Waals surface area contributed by atoms with Crippen molar-refractivity contribution in [2.24, 2.45) is 0 Å². The first-order valence-electron chi connectivity index (χ1n) is 8.89. The van der Waals surface area contributed by atoms with Crippen molar-refractivity contribution < 1.29 is 24.0 Å². The molecule has 0 atom stereocenters. The van der Waals surface area contributed by atoms with Crippen molar-refractivity contribution in [3.63, 3.8) is 0 Å². The molecule has 0 spiro atoms. The van der Waals surface area contributed by atoms with E-state index in [1.54, 1.807) is 52.3 Å².